The van der Waals surface area contributed by atoms with E-state index in [-0.39, 0.29) is 5.92 Å². The zero-order valence-electron chi connectivity index (χ0n) is 9.87. The van der Waals surface area contributed by atoms with E-state index >= 15 is 0 Å². The summed E-state index contributed by atoms with van der Waals surface area (Å²) in [6.07, 6.45) is -2.94. The predicted octanol–water partition coefficient (Wildman–Crippen LogP) is 3.05. The first kappa shape index (κ1) is 12.2. The number of hydrogen-bond donors (Lipinski definition) is 1. The summed E-state index contributed by atoms with van der Waals surface area (Å²) in [6, 6.07) is 5.09. The molecule has 2 aromatic rings. The molecule has 0 amide bonds. The Balaban J connectivity index is 1.91. The lowest BCUT2D eigenvalue weighted by molar-refractivity contribution is -0.137. The van der Waals surface area contributed by atoms with Crippen molar-refractivity contribution in [2.75, 3.05) is 13.1 Å². The first-order valence-corrected chi connectivity index (χ1v) is 5.88. The van der Waals surface area contributed by atoms with Gasteiger partial charge in [-0.15, -0.1) is 0 Å². The first-order valence-electron chi connectivity index (χ1n) is 5.88. The summed E-state index contributed by atoms with van der Waals surface area (Å²) in [6.45, 7) is 1.59. The monoisotopic (exact) mass is 268 g/mol. The van der Waals surface area contributed by atoms with Crippen molar-refractivity contribution in [3.63, 3.8) is 0 Å². The van der Waals surface area contributed by atoms with E-state index < -0.39 is 11.7 Å². The lowest BCUT2D eigenvalue weighted by atomic mass is 10.0. The molecule has 0 radical (unpaired) electrons. The largest absolute Gasteiger partial charge is 0.448 e. The highest BCUT2D eigenvalue weighted by Gasteiger charge is 2.31. The van der Waals surface area contributed by atoms with Gasteiger partial charge in [0.15, 0.2) is 5.89 Å². The molecule has 1 fully saturated rings. The van der Waals surface area contributed by atoms with Crippen LogP contribution in [0.5, 0.6) is 0 Å². The molecule has 2 heterocycles. The molecule has 6 heteroatoms. The van der Waals surface area contributed by atoms with Gasteiger partial charge in [-0.3, -0.25) is 0 Å². The highest BCUT2D eigenvalue weighted by molar-refractivity contribution is 5.59. The van der Waals surface area contributed by atoms with Gasteiger partial charge in [0.2, 0.25) is 0 Å². The van der Waals surface area contributed by atoms with Crippen molar-refractivity contribution in [2.24, 2.45) is 0 Å². The Kier molecular flexibility index (Phi) is 2.82. The van der Waals surface area contributed by atoms with E-state index in [0.717, 1.165) is 25.2 Å². The molecular formula is C13H11F3N2O. The van der Waals surface area contributed by atoms with Crippen molar-refractivity contribution in [1.29, 1.82) is 0 Å². The van der Waals surface area contributed by atoms with Crippen molar-refractivity contribution < 1.29 is 17.6 Å². The van der Waals surface area contributed by atoms with Gasteiger partial charge in [0.25, 0.3) is 0 Å². The van der Waals surface area contributed by atoms with E-state index in [1.807, 2.05) is 0 Å². The van der Waals surface area contributed by atoms with Crippen molar-refractivity contribution >= 4 is 0 Å². The number of alkyl halides is 3. The number of halogens is 3. The molecule has 0 aliphatic carbocycles. The van der Waals surface area contributed by atoms with Crippen LogP contribution in [-0.2, 0) is 6.18 Å². The normalized spacial score (nSPS) is 16.4. The first-order chi connectivity index (χ1) is 9.04. The molecule has 0 spiro atoms. The molecule has 19 heavy (non-hydrogen) atoms. The molecule has 0 atom stereocenters. The van der Waals surface area contributed by atoms with Crippen molar-refractivity contribution in [1.82, 2.24) is 10.3 Å². The van der Waals surface area contributed by atoms with Gasteiger partial charge in [0.05, 0.1) is 11.5 Å². The van der Waals surface area contributed by atoms with E-state index in [2.05, 4.69) is 10.3 Å². The van der Waals surface area contributed by atoms with Gasteiger partial charge < -0.3 is 9.73 Å². The minimum atomic E-state index is -4.35. The molecule has 1 aromatic carbocycles. The van der Waals surface area contributed by atoms with Crippen LogP contribution >= 0.6 is 0 Å². The summed E-state index contributed by atoms with van der Waals surface area (Å²) in [4.78, 5) is 4.25. The number of aromatic nitrogens is 1. The maximum absolute atomic E-state index is 12.6. The van der Waals surface area contributed by atoms with Gasteiger partial charge in [0, 0.05) is 18.7 Å². The molecule has 0 bridgehead atoms. The lowest BCUT2D eigenvalue weighted by Gasteiger charge is -2.23. The lowest BCUT2D eigenvalue weighted by Crippen LogP contribution is -2.40. The summed E-state index contributed by atoms with van der Waals surface area (Å²) in [5.74, 6) is 0.797. The van der Waals surface area contributed by atoms with Gasteiger partial charge >= 0.3 is 6.18 Å². The molecule has 3 nitrogen and oxygen atoms in total. The van der Waals surface area contributed by atoms with Crippen LogP contribution in [0.4, 0.5) is 13.2 Å². The number of benzene rings is 1. The van der Waals surface area contributed by atoms with Gasteiger partial charge in [-0.25, -0.2) is 4.98 Å². The molecule has 100 valence electrons. The second-order valence-electron chi connectivity index (χ2n) is 4.50. The Morgan fingerprint density at radius 1 is 1.26 bits per heavy atom. The summed E-state index contributed by atoms with van der Waals surface area (Å²) in [5.41, 5.74) is 0.171. The predicted molar refractivity (Wildman–Crippen MR) is 62.6 cm³/mol. The maximum Gasteiger partial charge on any atom is 0.416 e. The molecular weight excluding hydrogens is 257 g/mol. The zero-order valence-corrected chi connectivity index (χ0v) is 9.87. The van der Waals surface area contributed by atoms with E-state index in [1.54, 1.807) is 6.07 Å². The molecule has 1 aliphatic rings. The highest BCUT2D eigenvalue weighted by Crippen LogP contribution is 2.32. The topological polar surface area (TPSA) is 38.1 Å². The number of nitrogens with one attached hydrogen (secondary N) is 1. The Morgan fingerprint density at radius 3 is 2.68 bits per heavy atom. The summed E-state index contributed by atoms with van der Waals surface area (Å²) in [5, 5.41) is 3.09. The third-order valence-corrected chi connectivity index (χ3v) is 3.14. The SMILES string of the molecule is FC(F)(F)c1cccc(-c2coc(C3CNC3)n2)c1. The van der Waals surface area contributed by atoms with Crippen LogP contribution < -0.4 is 5.32 Å². The molecule has 1 N–H and O–H groups in total. The smallest absolute Gasteiger partial charge is 0.416 e. The van der Waals surface area contributed by atoms with E-state index in [4.69, 9.17) is 4.42 Å². The molecule has 3 rings (SSSR count). The average molecular weight is 268 g/mol. The molecule has 1 aliphatic heterocycles. The standard InChI is InChI=1S/C13H11F3N2O/c14-13(15,16)10-3-1-2-8(4-10)11-7-19-12(18-11)9-5-17-6-9/h1-4,7,9,17H,5-6H2. The van der Waals surface area contributed by atoms with Crippen molar-refractivity contribution in [2.45, 2.75) is 12.1 Å². The fraction of sp³-hybridized carbons (Fsp3) is 0.308. The second kappa shape index (κ2) is 4.38. The van der Waals surface area contributed by atoms with E-state index in [1.165, 1.54) is 12.3 Å². The van der Waals surface area contributed by atoms with Crippen LogP contribution in [0, 0.1) is 0 Å². The van der Waals surface area contributed by atoms with E-state index in [0.29, 0.717) is 17.1 Å². The van der Waals surface area contributed by atoms with Crippen LogP contribution in [-0.4, -0.2) is 18.1 Å². The fourth-order valence-corrected chi connectivity index (χ4v) is 1.93. The van der Waals surface area contributed by atoms with Crippen LogP contribution in [0.3, 0.4) is 0 Å². The molecule has 0 saturated carbocycles. The Labute approximate surface area is 107 Å². The van der Waals surface area contributed by atoms with Crippen LogP contribution in [0.2, 0.25) is 0 Å². The van der Waals surface area contributed by atoms with Gasteiger partial charge in [-0.05, 0) is 12.1 Å². The Morgan fingerprint density at radius 2 is 2.05 bits per heavy atom. The summed E-state index contributed by atoms with van der Waals surface area (Å²) in [7, 11) is 0. The number of oxazole rings is 1. The minimum absolute atomic E-state index is 0.222. The maximum atomic E-state index is 12.6. The van der Waals surface area contributed by atoms with E-state index in [9.17, 15) is 13.2 Å². The number of hydrogen-bond acceptors (Lipinski definition) is 3. The number of rotatable bonds is 2. The summed E-state index contributed by atoms with van der Waals surface area (Å²) >= 11 is 0. The van der Waals surface area contributed by atoms with Gasteiger partial charge in [0.1, 0.15) is 12.0 Å². The molecule has 1 saturated heterocycles. The average Bonchev–Trinajstić information content (AvgIpc) is 2.75. The van der Waals surface area contributed by atoms with Gasteiger partial charge in [-0.1, -0.05) is 12.1 Å². The van der Waals surface area contributed by atoms with Gasteiger partial charge in [-0.2, -0.15) is 13.2 Å². The second-order valence-corrected chi connectivity index (χ2v) is 4.50. The quantitative estimate of drug-likeness (QED) is 0.909. The Hall–Kier alpha value is -1.82. The third-order valence-electron chi connectivity index (χ3n) is 3.14. The Bertz CT molecular complexity index is 588. The van der Waals surface area contributed by atoms with Crippen molar-refractivity contribution in [3.8, 4) is 11.3 Å². The highest BCUT2D eigenvalue weighted by atomic mass is 19.4. The molecule has 0 unspecified atom stereocenters. The van der Waals surface area contributed by atoms with Crippen LogP contribution in [0.25, 0.3) is 11.3 Å². The number of nitrogens with zero attached hydrogens (tertiary/aromatic N) is 1. The van der Waals surface area contributed by atoms with Crippen LogP contribution in [0.1, 0.15) is 17.4 Å². The minimum Gasteiger partial charge on any atom is -0.448 e. The summed E-state index contributed by atoms with van der Waals surface area (Å²) < 4.78 is 43.2. The third kappa shape index (κ3) is 2.35. The van der Waals surface area contributed by atoms with Crippen molar-refractivity contribution in [3.05, 3.63) is 42.0 Å². The molecule has 1 aromatic heterocycles. The van der Waals surface area contributed by atoms with Crippen LogP contribution in [0.15, 0.2) is 34.9 Å². The fourth-order valence-electron chi connectivity index (χ4n) is 1.93. The zero-order chi connectivity index (χ0) is 13.5.